The van der Waals surface area contributed by atoms with Crippen molar-refractivity contribution in [2.45, 2.75) is 20.3 Å². The molecule has 0 bridgehead atoms. The Bertz CT molecular complexity index is 816. The van der Waals surface area contributed by atoms with Crippen LogP contribution in [-0.4, -0.2) is 34.8 Å². The average Bonchev–Trinajstić information content (AvgIpc) is 2.71. The van der Waals surface area contributed by atoms with Gasteiger partial charge in [0.2, 0.25) is 5.95 Å². The van der Waals surface area contributed by atoms with Gasteiger partial charge in [-0.2, -0.15) is 10.1 Å². The molecule has 0 unspecified atom stereocenters. The number of rotatable bonds is 9. The third-order valence-corrected chi connectivity index (χ3v) is 4.37. The summed E-state index contributed by atoms with van der Waals surface area (Å²) in [6.45, 7) is 7.09. The zero-order chi connectivity index (χ0) is 18.9. The maximum absolute atomic E-state index is 4.48. The maximum Gasteiger partial charge on any atom is 0.249 e. The summed E-state index contributed by atoms with van der Waals surface area (Å²) in [4.78, 5) is 6.79. The fourth-order valence-electron chi connectivity index (χ4n) is 2.89. The van der Waals surface area contributed by atoms with Crippen molar-refractivity contribution in [2.75, 3.05) is 35.2 Å². The van der Waals surface area contributed by atoms with Crippen LogP contribution in [-0.2, 0) is 6.42 Å². The number of anilines is 4. The lowest BCUT2D eigenvalue weighted by atomic mass is 10.1. The highest BCUT2D eigenvalue weighted by molar-refractivity contribution is 5.59. The van der Waals surface area contributed by atoms with Crippen LogP contribution in [0.25, 0.3) is 0 Å². The third kappa shape index (κ3) is 5.41. The predicted octanol–water partition coefficient (Wildman–Crippen LogP) is 4.12. The molecule has 2 aromatic carbocycles. The second-order valence-corrected chi connectivity index (χ2v) is 6.17. The first-order valence-corrected chi connectivity index (χ1v) is 9.38. The van der Waals surface area contributed by atoms with Gasteiger partial charge in [0.05, 0.1) is 6.20 Å². The Morgan fingerprint density at radius 3 is 2.37 bits per heavy atom. The Hall–Kier alpha value is -3.15. The van der Waals surface area contributed by atoms with Crippen molar-refractivity contribution < 1.29 is 0 Å². The van der Waals surface area contributed by atoms with Crippen LogP contribution < -0.4 is 15.5 Å². The quantitative estimate of drug-likeness (QED) is 0.597. The fourth-order valence-corrected chi connectivity index (χ4v) is 2.89. The molecule has 0 aliphatic carbocycles. The highest BCUT2D eigenvalue weighted by Gasteiger charge is 2.04. The first kappa shape index (κ1) is 18.6. The van der Waals surface area contributed by atoms with Crippen molar-refractivity contribution in [1.29, 1.82) is 0 Å². The normalized spacial score (nSPS) is 10.4. The van der Waals surface area contributed by atoms with E-state index in [1.165, 1.54) is 11.3 Å². The summed E-state index contributed by atoms with van der Waals surface area (Å²) in [6, 6.07) is 18.6. The van der Waals surface area contributed by atoms with E-state index in [4.69, 9.17) is 0 Å². The fraction of sp³-hybridized carbons (Fsp3) is 0.286. The van der Waals surface area contributed by atoms with Gasteiger partial charge in [-0.25, -0.2) is 0 Å². The van der Waals surface area contributed by atoms with E-state index >= 15 is 0 Å². The van der Waals surface area contributed by atoms with Crippen LogP contribution in [0, 0.1) is 0 Å². The van der Waals surface area contributed by atoms with E-state index in [9.17, 15) is 0 Å². The molecule has 0 atom stereocenters. The molecule has 0 aliphatic heterocycles. The van der Waals surface area contributed by atoms with Crippen LogP contribution in [0.15, 0.2) is 60.8 Å². The Balaban J connectivity index is 1.57. The molecule has 27 heavy (non-hydrogen) atoms. The van der Waals surface area contributed by atoms with Crippen molar-refractivity contribution in [3.63, 3.8) is 0 Å². The molecular weight excluding hydrogens is 336 g/mol. The molecule has 3 aromatic rings. The minimum Gasteiger partial charge on any atom is -0.372 e. The number of benzene rings is 2. The predicted molar refractivity (Wildman–Crippen MR) is 112 cm³/mol. The van der Waals surface area contributed by atoms with Crippen LogP contribution in [0.2, 0.25) is 0 Å². The van der Waals surface area contributed by atoms with Gasteiger partial charge in [0.15, 0.2) is 5.82 Å². The number of aromatic nitrogens is 3. The first-order chi connectivity index (χ1) is 13.3. The second-order valence-electron chi connectivity index (χ2n) is 6.17. The van der Waals surface area contributed by atoms with Crippen LogP contribution in [0.4, 0.5) is 23.1 Å². The van der Waals surface area contributed by atoms with Gasteiger partial charge in [0.1, 0.15) is 0 Å². The summed E-state index contributed by atoms with van der Waals surface area (Å²) in [6.07, 6.45) is 2.57. The molecule has 3 rings (SSSR count). The topological polar surface area (TPSA) is 66.0 Å². The largest absolute Gasteiger partial charge is 0.372 e. The van der Waals surface area contributed by atoms with Crippen molar-refractivity contribution in [3.8, 4) is 0 Å². The van der Waals surface area contributed by atoms with Crippen molar-refractivity contribution in [3.05, 3.63) is 66.4 Å². The highest BCUT2D eigenvalue weighted by Crippen LogP contribution is 2.19. The standard InChI is InChI=1S/C21H26N6/c1-3-27(4-2)19-12-10-18(11-13-19)24-21-25-20(16-23-26-21)22-15-14-17-8-6-5-7-9-17/h5-13,16H,3-4,14-15H2,1-2H3,(H2,22,24,25,26). The highest BCUT2D eigenvalue weighted by atomic mass is 15.3. The molecule has 0 saturated heterocycles. The van der Waals surface area contributed by atoms with Gasteiger partial charge >= 0.3 is 0 Å². The molecule has 2 N–H and O–H groups in total. The van der Waals surface area contributed by atoms with E-state index in [1.54, 1.807) is 6.20 Å². The molecular formula is C21H26N6. The van der Waals surface area contributed by atoms with Crippen molar-refractivity contribution in [1.82, 2.24) is 15.2 Å². The molecule has 1 heterocycles. The van der Waals surface area contributed by atoms with Crippen LogP contribution in [0.3, 0.4) is 0 Å². The summed E-state index contributed by atoms with van der Waals surface area (Å²) < 4.78 is 0. The Kier molecular flexibility index (Phi) is 6.57. The zero-order valence-electron chi connectivity index (χ0n) is 15.9. The van der Waals surface area contributed by atoms with E-state index in [2.05, 4.69) is 81.0 Å². The number of hydrogen-bond donors (Lipinski definition) is 2. The number of nitrogens with zero attached hydrogens (tertiary/aromatic N) is 4. The maximum atomic E-state index is 4.48. The van der Waals surface area contributed by atoms with E-state index in [1.807, 2.05) is 18.2 Å². The van der Waals surface area contributed by atoms with E-state index in [0.717, 1.165) is 31.7 Å². The van der Waals surface area contributed by atoms with Crippen molar-refractivity contribution >= 4 is 23.1 Å². The van der Waals surface area contributed by atoms with E-state index < -0.39 is 0 Å². The Morgan fingerprint density at radius 2 is 1.67 bits per heavy atom. The monoisotopic (exact) mass is 362 g/mol. The number of nitrogens with one attached hydrogen (secondary N) is 2. The summed E-state index contributed by atoms with van der Waals surface area (Å²) in [7, 11) is 0. The van der Waals surface area contributed by atoms with Gasteiger partial charge < -0.3 is 15.5 Å². The summed E-state index contributed by atoms with van der Waals surface area (Å²) in [5.41, 5.74) is 3.44. The molecule has 0 fully saturated rings. The molecule has 0 aliphatic rings. The van der Waals surface area contributed by atoms with Gasteiger partial charge in [0.25, 0.3) is 0 Å². The number of hydrogen-bond acceptors (Lipinski definition) is 6. The van der Waals surface area contributed by atoms with E-state index in [-0.39, 0.29) is 0 Å². The zero-order valence-corrected chi connectivity index (χ0v) is 15.9. The molecule has 0 radical (unpaired) electrons. The van der Waals surface area contributed by atoms with Gasteiger partial charge in [-0.3, -0.25) is 0 Å². The second kappa shape index (κ2) is 9.52. The van der Waals surface area contributed by atoms with Crippen LogP contribution >= 0.6 is 0 Å². The first-order valence-electron chi connectivity index (χ1n) is 9.38. The molecule has 0 spiro atoms. The minimum atomic E-state index is 0.482. The van der Waals surface area contributed by atoms with Crippen LogP contribution in [0.5, 0.6) is 0 Å². The Morgan fingerprint density at radius 1 is 0.926 bits per heavy atom. The molecule has 6 nitrogen and oxygen atoms in total. The lowest BCUT2D eigenvalue weighted by Crippen LogP contribution is -2.21. The molecule has 6 heteroatoms. The average molecular weight is 362 g/mol. The SMILES string of the molecule is CCN(CC)c1ccc(Nc2nncc(NCCc3ccccc3)n2)cc1. The molecule has 0 saturated carbocycles. The van der Waals surface area contributed by atoms with Gasteiger partial charge in [-0.15, -0.1) is 5.10 Å². The lowest BCUT2D eigenvalue weighted by Gasteiger charge is -2.21. The smallest absolute Gasteiger partial charge is 0.249 e. The lowest BCUT2D eigenvalue weighted by molar-refractivity contribution is 0.866. The molecule has 1 aromatic heterocycles. The van der Waals surface area contributed by atoms with Crippen LogP contribution in [0.1, 0.15) is 19.4 Å². The van der Waals surface area contributed by atoms with Gasteiger partial charge in [-0.05, 0) is 50.1 Å². The minimum absolute atomic E-state index is 0.482. The van der Waals surface area contributed by atoms with Gasteiger partial charge in [-0.1, -0.05) is 30.3 Å². The summed E-state index contributed by atoms with van der Waals surface area (Å²) >= 11 is 0. The molecule has 0 amide bonds. The third-order valence-electron chi connectivity index (χ3n) is 4.37. The van der Waals surface area contributed by atoms with E-state index in [0.29, 0.717) is 11.8 Å². The molecule has 140 valence electrons. The van der Waals surface area contributed by atoms with Crippen molar-refractivity contribution in [2.24, 2.45) is 0 Å². The summed E-state index contributed by atoms with van der Waals surface area (Å²) in [5.74, 6) is 1.19. The Labute approximate surface area is 160 Å². The van der Waals surface area contributed by atoms with Gasteiger partial charge in [0, 0.05) is 31.0 Å². The summed E-state index contributed by atoms with van der Waals surface area (Å²) in [5, 5.41) is 14.6.